The number of halogens is 1. The summed E-state index contributed by atoms with van der Waals surface area (Å²) in [4.78, 5) is 24.4. The Morgan fingerprint density at radius 1 is 1.33 bits per heavy atom. The first-order chi connectivity index (χ1) is 7.04. The van der Waals surface area contributed by atoms with Gasteiger partial charge in [0.25, 0.3) is 0 Å². The number of nitrogens with one attached hydrogen (secondary N) is 1. The molecule has 0 aliphatic carbocycles. The van der Waals surface area contributed by atoms with E-state index in [4.69, 9.17) is 11.6 Å². The van der Waals surface area contributed by atoms with E-state index in [1.165, 1.54) is 0 Å². The summed E-state index contributed by atoms with van der Waals surface area (Å²) in [6, 6.07) is -0.290. The lowest BCUT2D eigenvalue weighted by Gasteiger charge is -2.15. The quantitative estimate of drug-likeness (QED) is 0.733. The molecular weight excluding hydrogens is 216 g/mol. The number of imide groups is 1. The Balaban J connectivity index is 2.38. The number of alkyl halides is 1. The van der Waals surface area contributed by atoms with Gasteiger partial charge >= 0.3 is 6.03 Å². The topological polar surface area (TPSA) is 49.4 Å². The highest BCUT2D eigenvalue weighted by atomic mass is 35.5. The van der Waals surface area contributed by atoms with Gasteiger partial charge in [-0.1, -0.05) is 13.8 Å². The standard InChI is InChI=1S/C10H17ClN2O2/c1-7-5-13(6-8(7)2)10(15)12-9(14)3-4-11/h7-8H,3-6H2,1-2H3,(H,12,14,15). The number of urea groups is 1. The molecule has 2 unspecified atom stereocenters. The number of hydrogen-bond donors (Lipinski definition) is 1. The van der Waals surface area contributed by atoms with Crippen molar-refractivity contribution in [2.45, 2.75) is 20.3 Å². The fourth-order valence-corrected chi connectivity index (χ4v) is 1.81. The van der Waals surface area contributed by atoms with Crippen molar-refractivity contribution in [1.29, 1.82) is 0 Å². The molecule has 0 aromatic rings. The molecule has 1 aliphatic rings. The van der Waals surface area contributed by atoms with Crippen LogP contribution >= 0.6 is 11.6 Å². The lowest BCUT2D eigenvalue weighted by Crippen LogP contribution is -2.41. The van der Waals surface area contributed by atoms with Gasteiger partial charge in [0.05, 0.1) is 0 Å². The van der Waals surface area contributed by atoms with E-state index in [9.17, 15) is 9.59 Å². The van der Waals surface area contributed by atoms with Crippen molar-refractivity contribution in [2.75, 3.05) is 19.0 Å². The average Bonchev–Trinajstić information content (AvgIpc) is 2.47. The maximum atomic E-state index is 11.6. The second-order valence-electron chi connectivity index (χ2n) is 4.15. The second kappa shape index (κ2) is 5.35. The molecule has 1 heterocycles. The normalized spacial score (nSPS) is 25.4. The van der Waals surface area contributed by atoms with E-state index in [1.807, 2.05) is 0 Å². The smallest absolute Gasteiger partial charge is 0.324 e. The SMILES string of the molecule is CC1CN(C(=O)NC(=O)CCCl)CC1C. The van der Waals surface area contributed by atoms with Crippen LogP contribution in [0, 0.1) is 11.8 Å². The van der Waals surface area contributed by atoms with Crippen molar-refractivity contribution >= 4 is 23.5 Å². The minimum absolute atomic E-state index is 0.187. The summed E-state index contributed by atoms with van der Waals surface area (Å²) in [7, 11) is 0. The molecule has 1 fully saturated rings. The number of carbonyl (C=O) groups is 2. The number of nitrogens with zero attached hydrogens (tertiary/aromatic N) is 1. The van der Waals surface area contributed by atoms with Crippen LogP contribution in [0.3, 0.4) is 0 Å². The third-order valence-corrected chi connectivity index (χ3v) is 3.03. The molecule has 1 aliphatic heterocycles. The molecule has 5 heteroatoms. The summed E-state index contributed by atoms with van der Waals surface area (Å²) in [6.07, 6.45) is 0.187. The van der Waals surface area contributed by atoms with E-state index in [0.29, 0.717) is 11.8 Å². The molecular formula is C10H17ClN2O2. The molecule has 1 N–H and O–H groups in total. The van der Waals surface area contributed by atoms with Gasteiger partial charge in [-0.3, -0.25) is 10.1 Å². The summed E-state index contributed by atoms with van der Waals surface area (Å²) < 4.78 is 0. The molecule has 86 valence electrons. The Kier molecular flexibility index (Phi) is 4.39. The monoisotopic (exact) mass is 232 g/mol. The van der Waals surface area contributed by atoms with Crippen LogP contribution < -0.4 is 5.32 Å². The van der Waals surface area contributed by atoms with Crippen molar-refractivity contribution in [1.82, 2.24) is 10.2 Å². The highest BCUT2D eigenvalue weighted by Crippen LogP contribution is 2.21. The Morgan fingerprint density at radius 3 is 2.33 bits per heavy atom. The van der Waals surface area contributed by atoms with Crippen LogP contribution in [0.4, 0.5) is 4.79 Å². The molecule has 4 nitrogen and oxygen atoms in total. The lowest BCUT2D eigenvalue weighted by atomic mass is 10.0. The largest absolute Gasteiger partial charge is 0.324 e. The molecule has 1 rings (SSSR count). The highest BCUT2D eigenvalue weighted by Gasteiger charge is 2.29. The van der Waals surface area contributed by atoms with E-state index in [1.54, 1.807) is 4.90 Å². The van der Waals surface area contributed by atoms with Crippen molar-refractivity contribution in [3.8, 4) is 0 Å². The molecule has 0 radical (unpaired) electrons. The van der Waals surface area contributed by atoms with Gasteiger partial charge in [-0.2, -0.15) is 0 Å². The van der Waals surface area contributed by atoms with Crippen LogP contribution in [0.2, 0.25) is 0 Å². The van der Waals surface area contributed by atoms with Gasteiger partial charge in [-0.15, -0.1) is 11.6 Å². The average molecular weight is 233 g/mol. The number of carbonyl (C=O) groups excluding carboxylic acids is 2. The van der Waals surface area contributed by atoms with E-state index in [0.717, 1.165) is 13.1 Å². The van der Waals surface area contributed by atoms with Gasteiger partial charge in [-0.05, 0) is 11.8 Å². The predicted molar refractivity (Wildman–Crippen MR) is 58.8 cm³/mol. The minimum atomic E-state index is -0.304. The summed E-state index contributed by atoms with van der Waals surface area (Å²) in [5, 5.41) is 2.33. The molecule has 15 heavy (non-hydrogen) atoms. The van der Waals surface area contributed by atoms with Crippen molar-refractivity contribution in [3.05, 3.63) is 0 Å². The van der Waals surface area contributed by atoms with Crippen LogP contribution in [0.1, 0.15) is 20.3 Å². The Morgan fingerprint density at radius 2 is 1.87 bits per heavy atom. The van der Waals surface area contributed by atoms with Gasteiger partial charge in [0.2, 0.25) is 5.91 Å². The van der Waals surface area contributed by atoms with Crippen molar-refractivity contribution in [2.24, 2.45) is 11.8 Å². The summed E-state index contributed by atoms with van der Waals surface area (Å²) in [5.41, 5.74) is 0. The van der Waals surface area contributed by atoms with Crippen LogP contribution in [0.15, 0.2) is 0 Å². The maximum Gasteiger partial charge on any atom is 0.324 e. The van der Waals surface area contributed by atoms with Crippen molar-refractivity contribution < 1.29 is 9.59 Å². The Hall–Kier alpha value is -0.770. The van der Waals surface area contributed by atoms with E-state index < -0.39 is 0 Å². The van der Waals surface area contributed by atoms with Crippen LogP contribution in [0.25, 0.3) is 0 Å². The molecule has 0 aromatic carbocycles. The van der Waals surface area contributed by atoms with Crippen LogP contribution in [-0.4, -0.2) is 35.8 Å². The van der Waals surface area contributed by atoms with Gasteiger partial charge < -0.3 is 4.90 Å². The van der Waals surface area contributed by atoms with E-state index in [2.05, 4.69) is 19.2 Å². The Labute approximate surface area is 95.0 Å². The maximum absolute atomic E-state index is 11.6. The van der Waals surface area contributed by atoms with Gasteiger partial charge in [0.15, 0.2) is 0 Å². The molecule has 0 saturated carbocycles. The molecule has 2 atom stereocenters. The molecule has 3 amide bonds. The van der Waals surface area contributed by atoms with Crippen LogP contribution in [-0.2, 0) is 4.79 Å². The van der Waals surface area contributed by atoms with Crippen molar-refractivity contribution in [3.63, 3.8) is 0 Å². The zero-order chi connectivity index (χ0) is 11.4. The first kappa shape index (κ1) is 12.3. The predicted octanol–water partition coefficient (Wildman–Crippen LogP) is 1.44. The lowest BCUT2D eigenvalue weighted by molar-refractivity contribution is -0.119. The van der Waals surface area contributed by atoms with Crippen LogP contribution in [0.5, 0.6) is 0 Å². The second-order valence-corrected chi connectivity index (χ2v) is 4.53. The fourth-order valence-electron chi connectivity index (χ4n) is 1.64. The number of hydrogen-bond acceptors (Lipinski definition) is 2. The first-order valence-electron chi connectivity index (χ1n) is 5.19. The highest BCUT2D eigenvalue weighted by molar-refractivity contribution is 6.19. The van der Waals surface area contributed by atoms with Gasteiger partial charge in [0, 0.05) is 25.4 Å². The minimum Gasteiger partial charge on any atom is -0.324 e. The number of amides is 3. The molecule has 0 bridgehead atoms. The van der Waals surface area contributed by atoms with E-state index in [-0.39, 0.29) is 24.2 Å². The zero-order valence-electron chi connectivity index (χ0n) is 9.12. The Bertz CT molecular complexity index is 248. The van der Waals surface area contributed by atoms with Gasteiger partial charge in [0.1, 0.15) is 0 Å². The fraction of sp³-hybridized carbons (Fsp3) is 0.800. The zero-order valence-corrected chi connectivity index (χ0v) is 9.88. The van der Waals surface area contributed by atoms with Gasteiger partial charge in [-0.25, -0.2) is 4.79 Å². The number of likely N-dealkylation sites (tertiary alicyclic amines) is 1. The summed E-state index contributed by atoms with van der Waals surface area (Å²) in [5.74, 6) is 0.936. The van der Waals surface area contributed by atoms with E-state index >= 15 is 0 Å². The third kappa shape index (κ3) is 3.38. The summed E-state index contributed by atoms with van der Waals surface area (Å²) in [6.45, 7) is 5.67. The first-order valence-corrected chi connectivity index (χ1v) is 5.72. The third-order valence-electron chi connectivity index (χ3n) is 2.84. The molecule has 0 spiro atoms. The summed E-state index contributed by atoms with van der Waals surface area (Å²) >= 11 is 5.40. The molecule has 1 saturated heterocycles. The number of rotatable bonds is 2. The molecule has 0 aromatic heterocycles.